The van der Waals surface area contributed by atoms with Crippen LogP contribution in [0.1, 0.15) is 22.7 Å². The smallest absolute Gasteiger partial charge is 0.119 e. The summed E-state index contributed by atoms with van der Waals surface area (Å²) in [6, 6.07) is 17.2. The van der Waals surface area contributed by atoms with Crippen molar-refractivity contribution in [2.75, 3.05) is 14.2 Å². The summed E-state index contributed by atoms with van der Waals surface area (Å²) in [5, 5.41) is 3.40. The van der Waals surface area contributed by atoms with Crippen molar-refractivity contribution in [3.05, 3.63) is 65.2 Å². The summed E-state index contributed by atoms with van der Waals surface area (Å²) in [6.45, 7) is 2.13. The van der Waals surface area contributed by atoms with Gasteiger partial charge >= 0.3 is 0 Å². The fourth-order valence-electron chi connectivity index (χ4n) is 2.38. The second-order valence-electron chi connectivity index (χ2n) is 4.75. The third kappa shape index (κ3) is 3.36. The highest BCUT2D eigenvalue weighted by Crippen LogP contribution is 2.25. The molecule has 0 heterocycles. The maximum absolute atomic E-state index is 5.26. The molecule has 0 amide bonds. The predicted octanol–water partition coefficient (Wildman–Crippen LogP) is 3.51. The van der Waals surface area contributed by atoms with E-state index in [4.69, 9.17) is 4.74 Å². The average Bonchev–Trinajstić information content (AvgIpc) is 2.46. The number of hydrogen-bond donors (Lipinski definition) is 1. The van der Waals surface area contributed by atoms with Gasteiger partial charge in [-0.3, -0.25) is 0 Å². The second-order valence-corrected chi connectivity index (χ2v) is 4.75. The number of ether oxygens (including phenoxy) is 1. The van der Waals surface area contributed by atoms with E-state index < -0.39 is 0 Å². The molecule has 1 N–H and O–H groups in total. The van der Waals surface area contributed by atoms with Crippen molar-refractivity contribution < 1.29 is 4.74 Å². The van der Waals surface area contributed by atoms with Crippen molar-refractivity contribution in [2.24, 2.45) is 0 Å². The van der Waals surface area contributed by atoms with Gasteiger partial charge in [-0.25, -0.2) is 0 Å². The molecule has 1 unspecified atom stereocenters. The molecule has 2 nitrogen and oxygen atoms in total. The first-order chi connectivity index (χ1) is 9.24. The van der Waals surface area contributed by atoms with Crippen LogP contribution in [0.2, 0.25) is 0 Å². The summed E-state index contributed by atoms with van der Waals surface area (Å²) in [6.07, 6.45) is 0.991. The zero-order valence-electron chi connectivity index (χ0n) is 11.8. The monoisotopic (exact) mass is 255 g/mol. The Morgan fingerprint density at radius 2 is 1.84 bits per heavy atom. The van der Waals surface area contributed by atoms with Crippen molar-refractivity contribution in [2.45, 2.75) is 19.4 Å². The lowest BCUT2D eigenvalue weighted by atomic mass is 9.95. The molecule has 2 rings (SSSR count). The lowest BCUT2D eigenvalue weighted by Gasteiger charge is -2.19. The van der Waals surface area contributed by atoms with E-state index >= 15 is 0 Å². The van der Waals surface area contributed by atoms with Gasteiger partial charge in [-0.05, 0) is 49.2 Å². The van der Waals surface area contributed by atoms with Crippen LogP contribution in [-0.4, -0.2) is 14.2 Å². The molecular formula is C17H21NO. The van der Waals surface area contributed by atoms with Crippen LogP contribution in [0.4, 0.5) is 0 Å². The van der Waals surface area contributed by atoms with Crippen LogP contribution in [0.3, 0.4) is 0 Å². The minimum atomic E-state index is 0.327. The maximum Gasteiger partial charge on any atom is 0.119 e. The number of nitrogens with one attached hydrogen (secondary N) is 1. The first-order valence-corrected chi connectivity index (χ1v) is 6.60. The van der Waals surface area contributed by atoms with E-state index in [1.807, 2.05) is 13.1 Å². The molecule has 1 atom stereocenters. The van der Waals surface area contributed by atoms with Crippen molar-refractivity contribution in [1.82, 2.24) is 5.32 Å². The minimum absolute atomic E-state index is 0.327. The lowest BCUT2D eigenvalue weighted by Crippen LogP contribution is -2.19. The third-order valence-electron chi connectivity index (χ3n) is 3.48. The first kappa shape index (κ1) is 13.6. The molecule has 0 aromatic heterocycles. The van der Waals surface area contributed by atoms with Crippen molar-refractivity contribution in [1.29, 1.82) is 0 Å². The summed E-state index contributed by atoms with van der Waals surface area (Å²) in [4.78, 5) is 0. The van der Waals surface area contributed by atoms with Gasteiger partial charge in [0.1, 0.15) is 5.75 Å². The second kappa shape index (κ2) is 6.39. The molecule has 0 aliphatic carbocycles. The highest BCUT2D eigenvalue weighted by Gasteiger charge is 2.12. The zero-order chi connectivity index (χ0) is 13.7. The highest BCUT2D eigenvalue weighted by atomic mass is 16.5. The summed E-state index contributed by atoms with van der Waals surface area (Å²) < 4.78 is 5.26. The van der Waals surface area contributed by atoms with Gasteiger partial charge in [0.05, 0.1) is 7.11 Å². The quantitative estimate of drug-likeness (QED) is 0.883. The van der Waals surface area contributed by atoms with Gasteiger partial charge in [0, 0.05) is 6.04 Å². The Bertz CT molecular complexity index is 522. The molecule has 0 saturated carbocycles. The summed E-state index contributed by atoms with van der Waals surface area (Å²) >= 11 is 0. The van der Waals surface area contributed by atoms with Gasteiger partial charge in [0.15, 0.2) is 0 Å². The summed E-state index contributed by atoms with van der Waals surface area (Å²) in [7, 11) is 3.71. The number of likely N-dealkylation sites (N-methyl/N-ethyl adjacent to an activating group) is 1. The van der Waals surface area contributed by atoms with E-state index in [1.165, 1.54) is 16.7 Å². The van der Waals surface area contributed by atoms with Gasteiger partial charge in [0.25, 0.3) is 0 Å². The van der Waals surface area contributed by atoms with Crippen LogP contribution >= 0.6 is 0 Å². The van der Waals surface area contributed by atoms with Crippen molar-refractivity contribution in [3.8, 4) is 5.75 Å². The van der Waals surface area contributed by atoms with Crippen LogP contribution in [0.15, 0.2) is 48.5 Å². The van der Waals surface area contributed by atoms with E-state index in [9.17, 15) is 0 Å². The zero-order valence-corrected chi connectivity index (χ0v) is 11.8. The number of methoxy groups -OCH3 is 1. The van der Waals surface area contributed by atoms with Crippen LogP contribution < -0.4 is 10.1 Å². The SMILES string of the molecule is CNC(Cc1ccccc1)c1ccc(OC)cc1C. The third-order valence-corrected chi connectivity index (χ3v) is 3.48. The standard InChI is InChI=1S/C17H21NO/c1-13-11-15(19-3)9-10-16(13)17(18-2)12-14-7-5-4-6-8-14/h4-11,17-18H,12H2,1-3H3. The Labute approximate surface area is 115 Å². The highest BCUT2D eigenvalue weighted by molar-refractivity contribution is 5.37. The molecule has 100 valence electrons. The van der Waals surface area contributed by atoms with Gasteiger partial charge in [0.2, 0.25) is 0 Å². The van der Waals surface area contributed by atoms with E-state index in [0.29, 0.717) is 6.04 Å². The molecule has 0 saturated heterocycles. The molecule has 0 bridgehead atoms. The van der Waals surface area contributed by atoms with E-state index in [0.717, 1.165) is 12.2 Å². The van der Waals surface area contributed by atoms with Crippen LogP contribution in [0.5, 0.6) is 5.75 Å². The largest absolute Gasteiger partial charge is 0.497 e. The van der Waals surface area contributed by atoms with E-state index in [1.54, 1.807) is 7.11 Å². The normalized spacial score (nSPS) is 12.2. The number of aryl methyl sites for hydroxylation is 1. The topological polar surface area (TPSA) is 21.3 Å². The number of benzene rings is 2. The van der Waals surface area contributed by atoms with Gasteiger partial charge in [-0.15, -0.1) is 0 Å². The van der Waals surface area contributed by atoms with Gasteiger partial charge < -0.3 is 10.1 Å². The Balaban J connectivity index is 2.22. The van der Waals surface area contributed by atoms with Crippen LogP contribution in [-0.2, 0) is 6.42 Å². The Kier molecular flexibility index (Phi) is 4.58. The molecular weight excluding hydrogens is 234 g/mol. The Hall–Kier alpha value is -1.80. The molecule has 2 aromatic carbocycles. The number of rotatable bonds is 5. The van der Waals surface area contributed by atoms with Crippen molar-refractivity contribution >= 4 is 0 Å². The molecule has 0 radical (unpaired) electrons. The molecule has 0 spiro atoms. The van der Waals surface area contributed by atoms with Gasteiger partial charge in [-0.1, -0.05) is 36.4 Å². The minimum Gasteiger partial charge on any atom is -0.497 e. The molecule has 0 fully saturated rings. The lowest BCUT2D eigenvalue weighted by molar-refractivity contribution is 0.414. The summed E-state index contributed by atoms with van der Waals surface area (Å²) in [5.41, 5.74) is 3.93. The predicted molar refractivity (Wildman–Crippen MR) is 79.7 cm³/mol. The van der Waals surface area contributed by atoms with E-state index in [2.05, 4.69) is 54.7 Å². The Morgan fingerprint density at radius 1 is 1.11 bits per heavy atom. The fourth-order valence-corrected chi connectivity index (χ4v) is 2.38. The molecule has 2 aromatic rings. The summed E-state index contributed by atoms with van der Waals surface area (Å²) in [5.74, 6) is 0.913. The molecule has 2 heteroatoms. The van der Waals surface area contributed by atoms with Crippen LogP contribution in [0, 0.1) is 6.92 Å². The number of hydrogen-bond acceptors (Lipinski definition) is 2. The van der Waals surface area contributed by atoms with Crippen LogP contribution in [0.25, 0.3) is 0 Å². The molecule has 0 aliphatic rings. The Morgan fingerprint density at radius 3 is 2.42 bits per heavy atom. The first-order valence-electron chi connectivity index (χ1n) is 6.60. The fraction of sp³-hybridized carbons (Fsp3) is 0.294. The maximum atomic E-state index is 5.26. The van der Waals surface area contributed by atoms with Crippen molar-refractivity contribution in [3.63, 3.8) is 0 Å². The van der Waals surface area contributed by atoms with E-state index in [-0.39, 0.29) is 0 Å². The van der Waals surface area contributed by atoms with Gasteiger partial charge in [-0.2, -0.15) is 0 Å². The molecule has 0 aliphatic heterocycles. The molecule has 19 heavy (non-hydrogen) atoms. The average molecular weight is 255 g/mol.